The van der Waals surface area contributed by atoms with Crippen LogP contribution in [0.25, 0.3) is 0 Å². The summed E-state index contributed by atoms with van der Waals surface area (Å²) in [6.45, 7) is 4.74. The fourth-order valence-electron chi connectivity index (χ4n) is 4.27. The van der Waals surface area contributed by atoms with E-state index in [0.717, 1.165) is 18.7 Å². The van der Waals surface area contributed by atoms with Crippen molar-refractivity contribution in [3.63, 3.8) is 0 Å². The van der Waals surface area contributed by atoms with Crippen molar-refractivity contribution in [2.75, 3.05) is 38.5 Å². The summed E-state index contributed by atoms with van der Waals surface area (Å²) in [5, 5.41) is 3.40. The van der Waals surface area contributed by atoms with E-state index < -0.39 is 15.7 Å². The van der Waals surface area contributed by atoms with Crippen LogP contribution in [-0.2, 0) is 16.3 Å². The van der Waals surface area contributed by atoms with Gasteiger partial charge in [-0.15, -0.1) is 0 Å². The van der Waals surface area contributed by atoms with E-state index in [4.69, 9.17) is 4.74 Å². The van der Waals surface area contributed by atoms with Gasteiger partial charge < -0.3 is 10.1 Å². The highest BCUT2D eigenvalue weighted by atomic mass is 32.2. The zero-order valence-corrected chi connectivity index (χ0v) is 18.0. The van der Waals surface area contributed by atoms with Crippen LogP contribution in [0.1, 0.15) is 36.4 Å². The lowest BCUT2D eigenvalue weighted by molar-refractivity contribution is 0.238. The average Bonchev–Trinajstić information content (AvgIpc) is 3.24. The lowest BCUT2D eigenvalue weighted by atomic mass is 10.0. The van der Waals surface area contributed by atoms with E-state index in [-0.39, 0.29) is 16.7 Å². The first-order chi connectivity index (χ1) is 14.5. The Bertz CT molecular complexity index is 957. The van der Waals surface area contributed by atoms with Crippen molar-refractivity contribution in [2.45, 2.75) is 36.6 Å². The van der Waals surface area contributed by atoms with Crippen LogP contribution >= 0.6 is 0 Å². The summed E-state index contributed by atoms with van der Waals surface area (Å²) in [7, 11) is -3.31. The summed E-state index contributed by atoms with van der Waals surface area (Å²) in [5.74, 6) is 0.568. The van der Waals surface area contributed by atoms with Crippen LogP contribution in [0.15, 0.2) is 47.4 Å². The first-order valence-corrected chi connectivity index (χ1v) is 12.4. The van der Waals surface area contributed by atoms with Gasteiger partial charge in [0.1, 0.15) is 18.2 Å². The molecule has 0 aliphatic carbocycles. The zero-order chi connectivity index (χ0) is 21.0. The maximum absolute atomic E-state index is 13.7. The number of benzene rings is 2. The number of nitrogens with zero attached hydrogens (tertiary/aromatic N) is 1. The molecule has 162 valence electrons. The third-order valence-electron chi connectivity index (χ3n) is 5.96. The number of rotatable bonds is 8. The molecular weight excluding hydrogens is 403 g/mol. The van der Waals surface area contributed by atoms with Crippen LogP contribution in [0.2, 0.25) is 0 Å². The Morgan fingerprint density at radius 1 is 1.10 bits per heavy atom. The first-order valence-electron chi connectivity index (χ1n) is 10.7. The van der Waals surface area contributed by atoms with Gasteiger partial charge >= 0.3 is 0 Å². The number of ether oxygens (including phenoxy) is 1. The number of nitrogens with one attached hydrogen (secondary N) is 1. The molecule has 0 aromatic heterocycles. The van der Waals surface area contributed by atoms with Crippen molar-refractivity contribution in [2.24, 2.45) is 0 Å². The zero-order valence-electron chi connectivity index (χ0n) is 17.1. The van der Waals surface area contributed by atoms with Gasteiger partial charge in [-0.1, -0.05) is 12.1 Å². The van der Waals surface area contributed by atoms with Crippen LogP contribution in [0, 0.1) is 5.82 Å². The fraction of sp³-hybridized carbons (Fsp3) is 0.478. The molecule has 1 fully saturated rings. The van der Waals surface area contributed by atoms with Gasteiger partial charge in [0, 0.05) is 12.6 Å². The van der Waals surface area contributed by atoms with Crippen molar-refractivity contribution in [1.82, 2.24) is 10.2 Å². The maximum Gasteiger partial charge on any atom is 0.178 e. The molecule has 1 saturated heterocycles. The molecule has 0 radical (unpaired) electrons. The Hall–Kier alpha value is -1.96. The summed E-state index contributed by atoms with van der Waals surface area (Å²) in [5.41, 5.74) is 1.72. The molecule has 5 nitrogen and oxygen atoms in total. The number of sulfone groups is 1. The lowest BCUT2D eigenvalue weighted by Crippen LogP contribution is -2.31. The Morgan fingerprint density at radius 3 is 2.63 bits per heavy atom. The summed E-state index contributed by atoms with van der Waals surface area (Å²) in [4.78, 5) is 2.68. The number of likely N-dealkylation sites (tertiary alicyclic amines) is 1. The molecule has 0 unspecified atom stereocenters. The molecule has 0 bridgehead atoms. The minimum atomic E-state index is -3.31. The van der Waals surface area contributed by atoms with E-state index in [1.807, 2.05) is 12.1 Å². The molecule has 2 aliphatic rings. The lowest BCUT2D eigenvalue weighted by Gasteiger charge is -2.26. The summed E-state index contributed by atoms with van der Waals surface area (Å²) < 4.78 is 44.0. The Labute approximate surface area is 178 Å². The normalized spacial score (nSPS) is 20.8. The standard InChI is InChI=1S/C23H29FN2O3S/c24-19-5-8-23-21(17-19)22(10-16-30(23,27)28)25-11-9-18-3-6-20(7-4-18)29-15-14-26-12-1-2-13-26/h3-8,17,22,25H,1-2,9-16H2/t22-/m1/s1. The van der Waals surface area contributed by atoms with Gasteiger partial charge in [0.2, 0.25) is 0 Å². The smallest absolute Gasteiger partial charge is 0.178 e. The van der Waals surface area contributed by atoms with Gasteiger partial charge in [0.05, 0.1) is 10.6 Å². The molecule has 2 aromatic rings. The van der Waals surface area contributed by atoms with E-state index in [1.54, 1.807) is 0 Å². The third kappa shape index (κ3) is 5.20. The summed E-state index contributed by atoms with van der Waals surface area (Å²) >= 11 is 0. The van der Waals surface area contributed by atoms with Crippen LogP contribution in [0.4, 0.5) is 4.39 Å². The monoisotopic (exact) mass is 432 g/mol. The molecule has 2 aromatic carbocycles. The molecule has 30 heavy (non-hydrogen) atoms. The van der Waals surface area contributed by atoms with Crippen molar-refractivity contribution >= 4 is 9.84 Å². The molecule has 0 spiro atoms. The van der Waals surface area contributed by atoms with Gasteiger partial charge in [0.15, 0.2) is 9.84 Å². The fourth-order valence-corrected chi connectivity index (χ4v) is 5.87. The predicted molar refractivity (Wildman–Crippen MR) is 115 cm³/mol. The van der Waals surface area contributed by atoms with E-state index in [2.05, 4.69) is 22.3 Å². The summed E-state index contributed by atoms with van der Waals surface area (Å²) in [6.07, 6.45) is 3.85. The van der Waals surface area contributed by atoms with Gasteiger partial charge in [-0.2, -0.15) is 0 Å². The topological polar surface area (TPSA) is 58.6 Å². The van der Waals surface area contributed by atoms with Crippen molar-refractivity contribution in [1.29, 1.82) is 0 Å². The highest BCUT2D eigenvalue weighted by molar-refractivity contribution is 7.91. The van der Waals surface area contributed by atoms with Crippen LogP contribution in [0.5, 0.6) is 5.75 Å². The predicted octanol–water partition coefficient (Wildman–Crippen LogP) is 3.35. The molecule has 1 atom stereocenters. The van der Waals surface area contributed by atoms with Crippen LogP contribution in [-0.4, -0.2) is 51.9 Å². The van der Waals surface area contributed by atoms with Crippen LogP contribution in [0.3, 0.4) is 0 Å². The highest BCUT2D eigenvalue weighted by Gasteiger charge is 2.30. The van der Waals surface area contributed by atoms with Crippen molar-refractivity contribution in [3.8, 4) is 5.75 Å². The van der Waals surface area contributed by atoms with Crippen LogP contribution < -0.4 is 10.1 Å². The van der Waals surface area contributed by atoms with E-state index in [9.17, 15) is 12.8 Å². The molecule has 4 rings (SSSR count). The molecule has 2 aliphatic heterocycles. The molecule has 7 heteroatoms. The first kappa shape index (κ1) is 21.3. The Kier molecular flexibility index (Phi) is 6.71. The number of halogens is 1. The van der Waals surface area contributed by atoms with Crippen molar-refractivity contribution < 1.29 is 17.5 Å². The molecule has 2 heterocycles. The average molecular weight is 433 g/mol. The van der Waals surface area contributed by atoms with E-state index in [0.29, 0.717) is 25.1 Å². The minimum Gasteiger partial charge on any atom is -0.492 e. The molecule has 0 saturated carbocycles. The summed E-state index contributed by atoms with van der Waals surface area (Å²) in [6, 6.07) is 11.9. The highest BCUT2D eigenvalue weighted by Crippen LogP contribution is 2.32. The number of hydrogen-bond donors (Lipinski definition) is 1. The Balaban J connectivity index is 1.27. The molecular formula is C23H29FN2O3S. The van der Waals surface area contributed by atoms with Gasteiger partial charge in [-0.25, -0.2) is 12.8 Å². The second kappa shape index (κ2) is 9.45. The van der Waals surface area contributed by atoms with E-state index >= 15 is 0 Å². The second-order valence-corrected chi connectivity index (χ2v) is 10.2. The van der Waals surface area contributed by atoms with Crippen molar-refractivity contribution in [3.05, 3.63) is 59.4 Å². The third-order valence-corrected chi connectivity index (χ3v) is 7.78. The molecule has 0 amide bonds. The van der Waals surface area contributed by atoms with Gasteiger partial charge in [-0.3, -0.25) is 4.90 Å². The van der Waals surface area contributed by atoms with Gasteiger partial charge in [0.25, 0.3) is 0 Å². The molecule has 1 N–H and O–H groups in total. The minimum absolute atomic E-state index is 0.0900. The quantitative estimate of drug-likeness (QED) is 0.649. The Morgan fingerprint density at radius 2 is 1.87 bits per heavy atom. The SMILES string of the molecule is O=S1(=O)CC[C@@H](NCCc2ccc(OCCN3CCCC3)cc2)c2cc(F)ccc21. The second-order valence-electron chi connectivity index (χ2n) is 8.09. The number of fused-ring (bicyclic) bond motifs is 1. The largest absolute Gasteiger partial charge is 0.492 e. The van der Waals surface area contributed by atoms with Gasteiger partial charge in [-0.05, 0) is 86.8 Å². The maximum atomic E-state index is 13.7. The van der Waals surface area contributed by atoms with E-state index in [1.165, 1.54) is 49.7 Å². The number of hydrogen-bond acceptors (Lipinski definition) is 5.